The monoisotopic (exact) mass is 264 g/mol. The third-order valence-corrected chi connectivity index (χ3v) is 4.02. The van der Waals surface area contributed by atoms with E-state index >= 15 is 0 Å². The van der Waals surface area contributed by atoms with Gasteiger partial charge in [0.2, 0.25) is 5.91 Å². The van der Waals surface area contributed by atoms with E-state index in [9.17, 15) is 9.90 Å². The molecule has 0 aromatic carbocycles. The van der Waals surface area contributed by atoms with Gasteiger partial charge in [-0.1, -0.05) is 19.3 Å². The number of hydrogen-bond donors (Lipinski definition) is 3. The molecule has 1 aliphatic carbocycles. The molecule has 106 valence electrons. The second-order valence-corrected chi connectivity index (χ2v) is 5.46. The lowest BCUT2D eigenvalue weighted by atomic mass is 9.82. The maximum absolute atomic E-state index is 12.0. The summed E-state index contributed by atoms with van der Waals surface area (Å²) in [5, 5.41) is 12.3. The maximum Gasteiger partial charge on any atom is 0.226 e. The standard InChI is InChI=1S/C15H24N2O2/c18-10-8-14(12-5-2-1-3-6-12)17-15(19)11-13-7-4-9-16-13/h4,7,9,12,14,16,18H,1-3,5-6,8,10-11H2,(H,17,19). The Bertz CT molecular complexity index is 370. The number of rotatable bonds is 6. The van der Waals surface area contributed by atoms with Crippen LogP contribution in [0.3, 0.4) is 0 Å². The highest BCUT2D eigenvalue weighted by Crippen LogP contribution is 2.27. The normalized spacial score (nSPS) is 18.2. The summed E-state index contributed by atoms with van der Waals surface area (Å²) in [6, 6.07) is 3.95. The Morgan fingerprint density at radius 3 is 2.84 bits per heavy atom. The number of aromatic nitrogens is 1. The first kappa shape index (κ1) is 14.1. The molecule has 1 saturated carbocycles. The Hall–Kier alpha value is -1.29. The smallest absolute Gasteiger partial charge is 0.226 e. The number of amides is 1. The van der Waals surface area contributed by atoms with Gasteiger partial charge in [-0.2, -0.15) is 0 Å². The van der Waals surface area contributed by atoms with Crippen LogP contribution in [0.1, 0.15) is 44.2 Å². The second-order valence-electron chi connectivity index (χ2n) is 5.46. The van der Waals surface area contributed by atoms with Crippen LogP contribution in [0, 0.1) is 5.92 Å². The van der Waals surface area contributed by atoms with Crippen molar-refractivity contribution < 1.29 is 9.90 Å². The number of carbonyl (C=O) groups excluding carboxylic acids is 1. The molecule has 0 bridgehead atoms. The Morgan fingerprint density at radius 2 is 2.21 bits per heavy atom. The summed E-state index contributed by atoms with van der Waals surface area (Å²) in [5.41, 5.74) is 0.934. The van der Waals surface area contributed by atoms with E-state index in [0.29, 0.717) is 18.8 Å². The van der Waals surface area contributed by atoms with Gasteiger partial charge in [-0.15, -0.1) is 0 Å². The second kappa shape index (κ2) is 7.34. The van der Waals surface area contributed by atoms with Crippen molar-refractivity contribution in [2.24, 2.45) is 5.92 Å². The minimum Gasteiger partial charge on any atom is -0.396 e. The van der Waals surface area contributed by atoms with Gasteiger partial charge in [0.25, 0.3) is 0 Å². The Balaban J connectivity index is 1.86. The van der Waals surface area contributed by atoms with Crippen LogP contribution < -0.4 is 5.32 Å². The average Bonchev–Trinajstić information content (AvgIpc) is 2.92. The van der Waals surface area contributed by atoms with Crippen molar-refractivity contribution in [1.82, 2.24) is 10.3 Å². The molecule has 1 heterocycles. The lowest BCUT2D eigenvalue weighted by Crippen LogP contribution is -2.42. The van der Waals surface area contributed by atoms with Gasteiger partial charge in [0.05, 0.1) is 6.42 Å². The van der Waals surface area contributed by atoms with Gasteiger partial charge in [-0.3, -0.25) is 4.79 Å². The van der Waals surface area contributed by atoms with Gasteiger partial charge in [-0.25, -0.2) is 0 Å². The molecule has 1 fully saturated rings. The van der Waals surface area contributed by atoms with Gasteiger partial charge in [0.1, 0.15) is 0 Å². The van der Waals surface area contributed by atoms with E-state index < -0.39 is 0 Å². The Morgan fingerprint density at radius 1 is 1.42 bits per heavy atom. The predicted molar refractivity (Wildman–Crippen MR) is 74.7 cm³/mol. The summed E-state index contributed by atoms with van der Waals surface area (Å²) >= 11 is 0. The van der Waals surface area contributed by atoms with Crippen LogP contribution in [0.5, 0.6) is 0 Å². The van der Waals surface area contributed by atoms with Crippen LogP contribution in [0.15, 0.2) is 18.3 Å². The minimum absolute atomic E-state index is 0.0477. The van der Waals surface area contributed by atoms with Crippen LogP contribution in [0.4, 0.5) is 0 Å². The first-order chi connectivity index (χ1) is 9.29. The van der Waals surface area contributed by atoms with Crippen molar-refractivity contribution in [1.29, 1.82) is 0 Å². The van der Waals surface area contributed by atoms with Crippen molar-refractivity contribution in [3.63, 3.8) is 0 Å². The molecule has 0 radical (unpaired) electrons. The zero-order valence-electron chi connectivity index (χ0n) is 11.4. The van der Waals surface area contributed by atoms with Crippen LogP contribution in [0.2, 0.25) is 0 Å². The highest BCUT2D eigenvalue weighted by molar-refractivity contribution is 5.78. The lowest BCUT2D eigenvalue weighted by molar-refractivity contribution is -0.121. The zero-order valence-corrected chi connectivity index (χ0v) is 11.4. The van der Waals surface area contributed by atoms with Crippen molar-refractivity contribution in [3.8, 4) is 0 Å². The molecule has 1 atom stereocenters. The van der Waals surface area contributed by atoms with Gasteiger partial charge >= 0.3 is 0 Å². The summed E-state index contributed by atoms with van der Waals surface area (Å²) in [6.07, 6.45) is 9.04. The molecule has 1 aromatic heterocycles. The van der Waals surface area contributed by atoms with Crippen molar-refractivity contribution in [2.75, 3.05) is 6.61 Å². The van der Waals surface area contributed by atoms with Crippen LogP contribution in [-0.4, -0.2) is 28.6 Å². The molecule has 1 amide bonds. The molecule has 4 nitrogen and oxygen atoms in total. The predicted octanol–water partition coefficient (Wildman–Crippen LogP) is 2.00. The van der Waals surface area contributed by atoms with Gasteiger partial charge in [-0.05, 0) is 37.3 Å². The van der Waals surface area contributed by atoms with Crippen LogP contribution in [0.25, 0.3) is 0 Å². The van der Waals surface area contributed by atoms with Crippen molar-refractivity contribution in [2.45, 2.75) is 51.0 Å². The summed E-state index contributed by atoms with van der Waals surface area (Å²) < 4.78 is 0. The quantitative estimate of drug-likeness (QED) is 0.736. The number of aliphatic hydroxyl groups is 1. The SMILES string of the molecule is O=C(Cc1ccc[nH]1)NC(CCO)C1CCCCC1. The van der Waals surface area contributed by atoms with Crippen molar-refractivity contribution in [3.05, 3.63) is 24.0 Å². The fourth-order valence-corrected chi connectivity index (χ4v) is 3.01. The summed E-state index contributed by atoms with van der Waals surface area (Å²) in [6.45, 7) is 0.143. The molecule has 0 saturated heterocycles. The van der Waals surface area contributed by atoms with E-state index in [1.807, 2.05) is 18.3 Å². The number of H-pyrrole nitrogens is 1. The highest BCUT2D eigenvalue weighted by Gasteiger charge is 2.24. The molecule has 0 spiro atoms. The van der Waals surface area contributed by atoms with E-state index in [0.717, 1.165) is 5.69 Å². The topological polar surface area (TPSA) is 65.1 Å². The van der Waals surface area contributed by atoms with Crippen LogP contribution in [-0.2, 0) is 11.2 Å². The molecule has 19 heavy (non-hydrogen) atoms. The first-order valence-corrected chi connectivity index (χ1v) is 7.32. The van der Waals surface area contributed by atoms with E-state index in [2.05, 4.69) is 10.3 Å². The van der Waals surface area contributed by atoms with Crippen LogP contribution >= 0.6 is 0 Å². The highest BCUT2D eigenvalue weighted by atomic mass is 16.3. The summed E-state index contributed by atoms with van der Waals surface area (Å²) in [7, 11) is 0. The molecular weight excluding hydrogens is 240 g/mol. The number of hydrogen-bond acceptors (Lipinski definition) is 2. The number of aromatic amines is 1. The molecule has 2 rings (SSSR count). The zero-order chi connectivity index (χ0) is 13.5. The van der Waals surface area contributed by atoms with E-state index in [1.54, 1.807) is 0 Å². The Labute approximate surface area is 114 Å². The fourth-order valence-electron chi connectivity index (χ4n) is 3.01. The number of nitrogens with one attached hydrogen (secondary N) is 2. The molecule has 1 unspecified atom stereocenters. The molecule has 3 N–H and O–H groups in total. The summed E-state index contributed by atoms with van der Waals surface area (Å²) in [4.78, 5) is 15.1. The number of carbonyl (C=O) groups is 1. The molecule has 1 aromatic rings. The molecule has 4 heteroatoms. The number of aliphatic hydroxyl groups excluding tert-OH is 1. The third kappa shape index (κ3) is 4.39. The molecule has 1 aliphatic rings. The Kier molecular flexibility index (Phi) is 5.45. The van der Waals surface area contributed by atoms with E-state index in [4.69, 9.17) is 0 Å². The lowest BCUT2D eigenvalue weighted by Gasteiger charge is -2.30. The largest absolute Gasteiger partial charge is 0.396 e. The van der Waals surface area contributed by atoms with Crippen molar-refractivity contribution >= 4 is 5.91 Å². The first-order valence-electron chi connectivity index (χ1n) is 7.32. The van der Waals surface area contributed by atoms with Gasteiger partial charge < -0.3 is 15.4 Å². The summed E-state index contributed by atoms with van der Waals surface area (Å²) in [5.74, 6) is 0.583. The molecular formula is C15H24N2O2. The maximum atomic E-state index is 12.0. The minimum atomic E-state index is 0.0477. The molecule has 0 aliphatic heterocycles. The van der Waals surface area contributed by atoms with Gasteiger partial charge in [0, 0.05) is 24.5 Å². The van der Waals surface area contributed by atoms with Gasteiger partial charge in [0.15, 0.2) is 0 Å². The van der Waals surface area contributed by atoms with E-state index in [-0.39, 0.29) is 18.6 Å². The van der Waals surface area contributed by atoms with E-state index in [1.165, 1.54) is 32.1 Å². The average molecular weight is 264 g/mol. The third-order valence-electron chi connectivity index (χ3n) is 4.02. The fraction of sp³-hybridized carbons (Fsp3) is 0.667.